The minimum Gasteiger partial charge on any atom is -0.398 e. The first-order valence-corrected chi connectivity index (χ1v) is 20.3. The molecule has 310 valence electrons. The van der Waals surface area contributed by atoms with E-state index in [0.717, 1.165) is 22.3 Å². The van der Waals surface area contributed by atoms with Crippen molar-refractivity contribution in [3.8, 4) is 22.3 Å². The molecule has 0 saturated heterocycles. The summed E-state index contributed by atoms with van der Waals surface area (Å²) in [6, 6.07) is 43.9. The number of para-hydroxylation sites is 2. The molecule has 0 bridgehead atoms. The Labute approximate surface area is 356 Å². The molecule has 0 aromatic heterocycles. The van der Waals surface area contributed by atoms with Crippen LogP contribution >= 0.6 is 0 Å². The summed E-state index contributed by atoms with van der Waals surface area (Å²) < 4.78 is 0. The molecule has 0 heterocycles. The molecule has 11 nitrogen and oxygen atoms in total. The van der Waals surface area contributed by atoms with Gasteiger partial charge in [-0.2, -0.15) is 0 Å². The van der Waals surface area contributed by atoms with E-state index < -0.39 is 47.7 Å². The minimum atomic E-state index is -1.08. The van der Waals surface area contributed by atoms with E-state index in [9.17, 15) is 24.0 Å². The minimum absolute atomic E-state index is 0.139. The molecule has 0 spiro atoms. The Bertz CT molecular complexity index is 2490. The van der Waals surface area contributed by atoms with E-state index in [4.69, 9.17) is 11.5 Å². The van der Waals surface area contributed by atoms with Crippen LogP contribution in [0.3, 0.4) is 0 Å². The van der Waals surface area contributed by atoms with E-state index in [1.807, 2.05) is 111 Å². The number of hydrogen-bond acceptors (Lipinski definition) is 6. The second-order valence-electron chi connectivity index (χ2n) is 14.9. The largest absolute Gasteiger partial charge is 0.398 e. The van der Waals surface area contributed by atoms with E-state index in [0.29, 0.717) is 28.9 Å². The zero-order valence-corrected chi connectivity index (χ0v) is 34.1. The number of hydrogen-bond donors (Lipinski definition) is 6. The maximum Gasteiger partial charge on any atom is 0.252 e. The van der Waals surface area contributed by atoms with Crippen LogP contribution in [0.1, 0.15) is 52.1 Å². The number of benzene rings is 6. The third-order valence-corrected chi connectivity index (χ3v) is 10.7. The van der Waals surface area contributed by atoms with Gasteiger partial charge in [0.25, 0.3) is 11.8 Å². The van der Waals surface area contributed by atoms with Gasteiger partial charge in [0.15, 0.2) is 0 Å². The van der Waals surface area contributed by atoms with Gasteiger partial charge in [-0.1, -0.05) is 154 Å². The van der Waals surface area contributed by atoms with E-state index in [1.54, 1.807) is 60.7 Å². The van der Waals surface area contributed by atoms with Crippen molar-refractivity contribution in [3.05, 3.63) is 180 Å². The van der Waals surface area contributed by atoms with Gasteiger partial charge in [0, 0.05) is 46.5 Å². The van der Waals surface area contributed by atoms with Crippen molar-refractivity contribution in [2.75, 3.05) is 11.1 Å². The fraction of sp³-hybridized carbons (Fsp3) is 0.180. The third-order valence-electron chi connectivity index (χ3n) is 10.7. The maximum absolute atomic E-state index is 14.4. The van der Waals surface area contributed by atoms with Crippen molar-refractivity contribution in [3.63, 3.8) is 0 Å². The van der Waals surface area contributed by atoms with Gasteiger partial charge in [0.1, 0.15) is 18.1 Å². The van der Waals surface area contributed by atoms with Gasteiger partial charge in [-0.15, -0.1) is 0 Å². The molecule has 4 atom stereocenters. The fourth-order valence-corrected chi connectivity index (χ4v) is 7.19. The molecular formula is C50H50N6O5. The second-order valence-corrected chi connectivity index (χ2v) is 14.9. The third kappa shape index (κ3) is 11.0. The average molecular weight is 815 g/mol. The lowest BCUT2D eigenvalue weighted by atomic mass is 9.93. The van der Waals surface area contributed by atoms with Crippen molar-refractivity contribution >= 4 is 40.9 Å². The smallest absolute Gasteiger partial charge is 0.252 e. The number of carbonyl (C=O) groups is 5. The molecule has 61 heavy (non-hydrogen) atoms. The number of nitrogen functional groups attached to an aromatic ring is 1. The van der Waals surface area contributed by atoms with Crippen LogP contribution in [-0.4, -0.2) is 47.7 Å². The highest BCUT2D eigenvalue weighted by atomic mass is 16.2. The number of rotatable bonds is 17. The van der Waals surface area contributed by atoms with Crippen LogP contribution < -0.4 is 32.7 Å². The number of nitrogens with two attached hydrogens (primary N) is 2. The lowest BCUT2D eigenvalue weighted by Gasteiger charge is -2.25. The van der Waals surface area contributed by atoms with Crippen LogP contribution in [0.25, 0.3) is 22.3 Å². The van der Waals surface area contributed by atoms with Gasteiger partial charge < -0.3 is 32.7 Å². The van der Waals surface area contributed by atoms with Gasteiger partial charge in [-0.25, -0.2) is 0 Å². The number of amides is 5. The maximum atomic E-state index is 14.4. The molecule has 6 rings (SSSR count). The van der Waals surface area contributed by atoms with Crippen LogP contribution in [0.4, 0.5) is 11.4 Å². The fourth-order valence-electron chi connectivity index (χ4n) is 7.19. The van der Waals surface area contributed by atoms with Crippen molar-refractivity contribution in [2.24, 2.45) is 11.7 Å². The van der Waals surface area contributed by atoms with Gasteiger partial charge in [0.2, 0.25) is 17.7 Å². The molecule has 0 aliphatic heterocycles. The molecule has 0 aliphatic carbocycles. The van der Waals surface area contributed by atoms with Crippen LogP contribution in [0.5, 0.6) is 0 Å². The van der Waals surface area contributed by atoms with Crippen molar-refractivity contribution in [2.45, 2.75) is 51.2 Å². The summed E-state index contributed by atoms with van der Waals surface area (Å²) in [5, 5.41) is 11.7. The van der Waals surface area contributed by atoms with Gasteiger partial charge in [-0.3, -0.25) is 24.0 Å². The lowest BCUT2D eigenvalue weighted by molar-refractivity contribution is -0.129. The van der Waals surface area contributed by atoms with E-state index in [1.165, 1.54) is 0 Å². The molecule has 5 amide bonds. The summed E-state index contributed by atoms with van der Waals surface area (Å²) in [5.41, 5.74) is 17.5. The molecule has 0 aliphatic rings. The number of carbonyl (C=O) groups excluding carboxylic acids is 5. The standard InChI is InChI=1S/C50H50N6O5/c1-3-32(2)45(46(52)57)56-50(61)44(31-34-20-8-5-9-21-34)55-48(59)40-27-13-11-23-36(40)35-22-10-12-26-39(35)47(58)54-43(30-33-18-6-4-7-19-33)49(60)53-42-29-17-15-25-38(42)37-24-14-16-28-41(37)51/h4-29,32,43-45H,3,30-31,51H2,1-2H3,(H2,52,57)(H,53,60)(H,54,58)(H,55,59)(H,56,61)/t32-,43-,44-,45-/m0/s1. The van der Waals surface area contributed by atoms with Crippen molar-refractivity contribution in [1.29, 1.82) is 0 Å². The summed E-state index contributed by atoms with van der Waals surface area (Å²) in [6.07, 6.45) is 0.923. The molecule has 6 aromatic rings. The Morgan fingerprint density at radius 1 is 0.508 bits per heavy atom. The molecular weight excluding hydrogens is 765 g/mol. The Balaban J connectivity index is 1.29. The number of anilines is 2. The van der Waals surface area contributed by atoms with E-state index in [2.05, 4.69) is 21.3 Å². The first-order valence-electron chi connectivity index (χ1n) is 20.3. The van der Waals surface area contributed by atoms with Gasteiger partial charge in [-0.05, 0) is 52.4 Å². The number of nitrogens with one attached hydrogen (secondary N) is 4. The molecule has 0 saturated carbocycles. The lowest BCUT2D eigenvalue weighted by Crippen LogP contribution is -2.55. The Hall–Kier alpha value is -7.53. The summed E-state index contributed by atoms with van der Waals surface area (Å²) in [7, 11) is 0. The zero-order chi connectivity index (χ0) is 43.3. The second kappa shape index (κ2) is 20.4. The van der Waals surface area contributed by atoms with E-state index in [-0.39, 0.29) is 29.9 Å². The molecule has 11 heteroatoms. The Morgan fingerprint density at radius 3 is 1.43 bits per heavy atom. The summed E-state index contributed by atoms with van der Waals surface area (Å²) >= 11 is 0. The predicted octanol–water partition coefficient (Wildman–Crippen LogP) is 6.94. The van der Waals surface area contributed by atoms with E-state index >= 15 is 0 Å². The zero-order valence-electron chi connectivity index (χ0n) is 34.1. The van der Waals surface area contributed by atoms with Crippen LogP contribution in [-0.2, 0) is 27.2 Å². The molecule has 0 radical (unpaired) electrons. The van der Waals surface area contributed by atoms with Crippen LogP contribution in [0.15, 0.2) is 158 Å². The molecule has 0 unspecified atom stereocenters. The highest BCUT2D eigenvalue weighted by molar-refractivity contribution is 6.09. The molecule has 8 N–H and O–H groups in total. The first kappa shape index (κ1) is 43.1. The highest BCUT2D eigenvalue weighted by Crippen LogP contribution is 2.32. The Morgan fingerprint density at radius 2 is 0.934 bits per heavy atom. The van der Waals surface area contributed by atoms with Crippen molar-refractivity contribution in [1.82, 2.24) is 16.0 Å². The molecule has 0 fully saturated rings. The monoisotopic (exact) mass is 814 g/mol. The molecule has 6 aromatic carbocycles. The summed E-state index contributed by atoms with van der Waals surface area (Å²) in [4.78, 5) is 69.1. The van der Waals surface area contributed by atoms with Crippen LogP contribution in [0, 0.1) is 5.92 Å². The summed E-state index contributed by atoms with van der Waals surface area (Å²) in [6.45, 7) is 3.72. The Kier molecular flexibility index (Phi) is 14.4. The topological polar surface area (TPSA) is 186 Å². The number of primary amides is 1. The SMILES string of the molecule is CC[C@H](C)[C@H](NC(=O)[C@H](Cc1ccccc1)NC(=O)c1ccccc1-c1ccccc1C(=O)N[C@@H](Cc1ccccc1)C(=O)Nc1ccccc1-c1ccccc1N)C(N)=O. The van der Waals surface area contributed by atoms with Crippen LogP contribution in [0.2, 0.25) is 0 Å². The highest BCUT2D eigenvalue weighted by Gasteiger charge is 2.30. The average Bonchev–Trinajstić information content (AvgIpc) is 3.28. The van der Waals surface area contributed by atoms with Gasteiger partial charge in [0.05, 0.1) is 0 Å². The summed E-state index contributed by atoms with van der Waals surface area (Å²) in [5.74, 6) is -3.01. The van der Waals surface area contributed by atoms with Gasteiger partial charge >= 0.3 is 0 Å². The van der Waals surface area contributed by atoms with Crippen molar-refractivity contribution < 1.29 is 24.0 Å². The normalized spacial score (nSPS) is 12.8. The quantitative estimate of drug-likeness (QED) is 0.0542. The predicted molar refractivity (Wildman–Crippen MR) is 240 cm³/mol. The first-order chi connectivity index (χ1) is 29.5.